The first-order valence-electron chi connectivity index (χ1n) is 7.70. The standard InChI is InChI=1S/C17H20N4O2/c18-16(22)17(7-10-23-11-8-17)12-20-14-6-9-19-15(21-14)13-4-2-1-3-5-13/h1-6,9H,7-8,10-12H2,(H2,18,22)(H,19,20,21). The first kappa shape index (κ1) is 15.4. The van der Waals surface area contributed by atoms with Crippen LogP contribution in [0.3, 0.4) is 0 Å². The van der Waals surface area contributed by atoms with Crippen LogP contribution in [0, 0.1) is 5.41 Å². The van der Waals surface area contributed by atoms with E-state index in [4.69, 9.17) is 10.5 Å². The topological polar surface area (TPSA) is 90.1 Å². The molecule has 0 saturated carbocycles. The molecule has 1 saturated heterocycles. The zero-order chi connectivity index (χ0) is 16.1. The predicted octanol–water partition coefficient (Wildman–Crippen LogP) is 1.84. The molecule has 6 nitrogen and oxygen atoms in total. The van der Waals surface area contributed by atoms with E-state index in [1.54, 1.807) is 12.3 Å². The molecule has 0 radical (unpaired) electrons. The van der Waals surface area contributed by atoms with Gasteiger partial charge in [-0.3, -0.25) is 4.79 Å². The number of carbonyl (C=O) groups is 1. The van der Waals surface area contributed by atoms with Gasteiger partial charge in [0.05, 0.1) is 5.41 Å². The van der Waals surface area contributed by atoms with Crippen molar-refractivity contribution in [1.29, 1.82) is 0 Å². The minimum atomic E-state index is -0.573. The van der Waals surface area contributed by atoms with Gasteiger partial charge in [0.15, 0.2) is 5.82 Å². The largest absolute Gasteiger partial charge is 0.381 e. The number of nitrogens with one attached hydrogen (secondary N) is 1. The second-order valence-electron chi connectivity index (χ2n) is 5.74. The van der Waals surface area contributed by atoms with Gasteiger partial charge in [-0.15, -0.1) is 0 Å². The Morgan fingerprint density at radius 1 is 1.22 bits per heavy atom. The lowest BCUT2D eigenvalue weighted by Gasteiger charge is -2.34. The van der Waals surface area contributed by atoms with Crippen molar-refractivity contribution in [2.24, 2.45) is 11.1 Å². The van der Waals surface area contributed by atoms with Gasteiger partial charge in [0.25, 0.3) is 0 Å². The summed E-state index contributed by atoms with van der Waals surface area (Å²) in [6.07, 6.45) is 2.97. The molecule has 23 heavy (non-hydrogen) atoms. The number of aromatic nitrogens is 2. The molecule has 0 spiro atoms. The van der Waals surface area contributed by atoms with E-state index in [-0.39, 0.29) is 5.91 Å². The van der Waals surface area contributed by atoms with Gasteiger partial charge >= 0.3 is 0 Å². The average molecular weight is 312 g/mol. The maximum absolute atomic E-state index is 11.9. The Bertz CT molecular complexity index is 669. The summed E-state index contributed by atoms with van der Waals surface area (Å²) in [4.78, 5) is 20.7. The van der Waals surface area contributed by atoms with Crippen molar-refractivity contribution < 1.29 is 9.53 Å². The number of carbonyl (C=O) groups excluding carboxylic acids is 1. The number of hydrogen-bond donors (Lipinski definition) is 2. The Hall–Kier alpha value is -2.47. The number of nitrogens with two attached hydrogens (primary N) is 1. The van der Waals surface area contributed by atoms with Gasteiger partial charge < -0.3 is 15.8 Å². The Morgan fingerprint density at radius 2 is 1.96 bits per heavy atom. The van der Waals surface area contributed by atoms with Gasteiger partial charge in [-0.05, 0) is 18.9 Å². The van der Waals surface area contributed by atoms with Crippen molar-refractivity contribution in [3.05, 3.63) is 42.6 Å². The lowest BCUT2D eigenvalue weighted by Crippen LogP contribution is -2.46. The van der Waals surface area contributed by atoms with Gasteiger partial charge in [-0.25, -0.2) is 9.97 Å². The van der Waals surface area contributed by atoms with E-state index in [1.807, 2.05) is 30.3 Å². The van der Waals surface area contributed by atoms with Crippen LogP contribution in [-0.2, 0) is 9.53 Å². The van der Waals surface area contributed by atoms with E-state index in [0.717, 1.165) is 5.56 Å². The first-order chi connectivity index (χ1) is 11.2. The van der Waals surface area contributed by atoms with Gasteiger partial charge in [0.2, 0.25) is 5.91 Å². The van der Waals surface area contributed by atoms with Gasteiger partial charge in [-0.1, -0.05) is 30.3 Å². The summed E-state index contributed by atoms with van der Waals surface area (Å²) in [5.41, 5.74) is 6.00. The number of anilines is 1. The summed E-state index contributed by atoms with van der Waals surface area (Å²) in [6.45, 7) is 1.57. The van der Waals surface area contributed by atoms with Crippen LogP contribution in [0.25, 0.3) is 11.4 Å². The highest BCUT2D eigenvalue weighted by Gasteiger charge is 2.38. The molecule has 1 aliphatic heterocycles. The summed E-state index contributed by atoms with van der Waals surface area (Å²) in [5.74, 6) is 1.05. The molecule has 2 heterocycles. The molecule has 0 unspecified atom stereocenters. The molecule has 0 aliphatic carbocycles. The summed E-state index contributed by atoms with van der Waals surface area (Å²) in [5, 5.41) is 3.24. The van der Waals surface area contributed by atoms with E-state index in [9.17, 15) is 4.79 Å². The molecule has 3 rings (SSSR count). The molecule has 1 aromatic carbocycles. The fraction of sp³-hybridized carbons (Fsp3) is 0.353. The van der Waals surface area contributed by atoms with Crippen LogP contribution >= 0.6 is 0 Å². The number of nitrogens with zero attached hydrogens (tertiary/aromatic N) is 2. The molecule has 1 aliphatic rings. The number of rotatable bonds is 5. The zero-order valence-electron chi connectivity index (χ0n) is 12.9. The lowest BCUT2D eigenvalue weighted by molar-refractivity contribution is -0.132. The summed E-state index contributed by atoms with van der Waals surface area (Å²) >= 11 is 0. The van der Waals surface area contributed by atoms with Crippen LogP contribution in [0.2, 0.25) is 0 Å². The summed E-state index contributed by atoms with van der Waals surface area (Å²) in [6, 6.07) is 11.6. The van der Waals surface area contributed by atoms with Crippen molar-refractivity contribution in [1.82, 2.24) is 9.97 Å². The highest BCUT2D eigenvalue weighted by Crippen LogP contribution is 2.30. The van der Waals surface area contributed by atoms with Crippen LogP contribution in [0.4, 0.5) is 5.82 Å². The molecule has 0 atom stereocenters. The first-order valence-corrected chi connectivity index (χ1v) is 7.70. The number of benzene rings is 1. The van der Waals surface area contributed by atoms with Crippen molar-refractivity contribution in [3.63, 3.8) is 0 Å². The Kier molecular flexibility index (Phi) is 4.52. The smallest absolute Gasteiger partial charge is 0.225 e. The maximum atomic E-state index is 11.9. The van der Waals surface area contributed by atoms with Gasteiger partial charge in [0.1, 0.15) is 5.82 Å². The fourth-order valence-electron chi connectivity index (χ4n) is 2.72. The van der Waals surface area contributed by atoms with E-state index >= 15 is 0 Å². The third-order valence-electron chi connectivity index (χ3n) is 4.27. The van der Waals surface area contributed by atoms with Crippen molar-refractivity contribution >= 4 is 11.7 Å². The second-order valence-corrected chi connectivity index (χ2v) is 5.74. The molecule has 3 N–H and O–H groups in total. The Morgan fingerprint density at radius 3 is 2.65 bits per heavy atom. The van der Waals surface area contributed by atoms with Crippen LogP contribution in [0.1, 0.15) is 12.8 Å². The van der Waals surface area contributed by atoms with Crippen molar-refractivity contribution in [2.45, 2.75) is 12.8 Å². The maximum Gasteiger partial charge on any atom is 0.225 e. The lowest BCUT2D eigenvalue weighted by atomic mass is 9.79. The molecular formula is C17H20N4O2. The quantitative estimate of drug-likeness (QED) is 0.879. The minimum absolute atomic E-state index is 0.286. The van der Waals surface area contributed by atoms with Gasteiger partial charge in [0, 0.05) is 31.5 Å². The Labute approximate surface area is 135 Å². The summed E-state index contributed by atoms with van der Waals surface area (Å²) < 4.78 is 5.34. The van der Waals surface area contributed by atoms with E-state index in [1.165, 1.54) is 0 Å². The monoisotopic (exact) mass is 312 g/mol. The minimum Gasteiger partial charge on any atom is -0.381 e. The average Bonchev–Trinajstić information content (AvgIpc) is 2.62. The van der Waals surface area contributed by atoms with E-state index < -0.39 is 5.41 Å². The number of amides is 1. The SMILES string of the molecule is NC(=O)C1(CNc2ccnc(-c3ccccc3)n2)CCOCC1. The second kappa shape index (κ2) is 6.75. The van der Waals surface area contributed by atoms with Gasteiger partial charge in [-0.2, -0.15) is 0 Å². The third-order valence-corrected chi connectivity index (χ3v) is 4.27. The number of hydrogen-bond acceptors (Lipinski definition) is 5. The third kappa shape index (κ3) is 3.48. The molecule has 0 bridgehead atoms. The van der Waals surface area contributed by atoms with Crippen LogP contribution in [-0.4, -0.2) is 35.6 Å². The van der Waals surface area contributed by atoms with Crippen molar-refractivity contribution in [2.75, 3.05) is 25.1 Å². The highest BCUT2D eigenvalue weighted by molar-refractivity contribution is 5.81. The van der Waals surface area contributed by atoms with Crippen LogP contribution in [0.5, 0.6) is 0 Å². The van der Waals surface area contributed by atoms with E-state index in [0.29, 0.717) is 44.2 Å². The molecule has 1 amide bonds. The molecule has 1 fully saturated rings. The predicted molar refractivity (Wildman–Crippen MR) is 87.6 cm³/mol. The molecule has 1 aromatic heterocycles. The molecule has 2 aromatic rings. The normalized spacial score (nSPS) is 16.7. The van der Waals surface area contributed by atoms with E-state index in [2.05, 4.69) is 15.3 Å². The highest BCUT2D eigenvalue weighted by atomic mass is 16.5. The summed E-state index contributed by atoms with van der Waals surface area (Å²) in [7, 11) is 0. The molecule has 6 heteroatoms. The zero-order valence-corrected chi connectivity index (χ0v) is 12.9. The molecule has 120 valence electrons. The Balaban J connectivity index is 1.74. The fourth-order valence-corrected chi connectivity index (χ4v) is 2.72. The van der Waals surface area contributed by atoms with Crippen LogP contribution in [0.15, 0.2) is 42.6 Å². The van der Waals surface area contributed by atoms with Crippen molar-refractivity contribution in [3.8, 4) is 11.4 Å². The molecular weight excluding hydrogens is 292 g/mol. The number of ether oxygens (including phenoxy) is 1. The van der Waals surface area contributed by atoms with Crippen LogP contribution < -0.4 is 11.1 Å². The number of primary amides is 1.